The SMILES string of the molecule is CC(C(=O)OCC(C)(C)C)[N+](=O)[O-]. The monoisotopic (exact) mass is 189 g/mol. The lowest BCUT2D eigenvalue weighted by Crippen LogP contribution is -2.30. The highest BCUT2D eigenvalue weighted by atomic mass is 16.6. The Morgan fingerprint density at radius 3 is 2.31 bits per heavy atom. The number of rotatable bonds is 3. The Labute approximate surface area is 77.2 Å². The first-order valence-electron chi connectivity index (χ1n) is 4.04. The Bertz CT molecular complexity index is 207. The molecule has 0 N–H and O–H groups in total. The molecule has 5 heteroatoms. The van der Waals surface area contributed by atoms with Gasteiger partial charge in [0, 0.05) is 11.8 Å². The zero-order valence-electron chi connectivity index (χ0n) is 8.36. The highest BCUT2D eigenvalue weighted by Crippen LogP contribution is 2.13. The molecule has 0 fully saturated rings. The molecule has 0 aromatic heterocycles. The van der Waals surface area contributed by atoms with E-state index in [1.54, 1.807) is 0 Å². The van der Waals surface area contributed by atoms with Crippen LogP contribution in [0.3, 0.4) is 0 Å². The molecule has 0 spiro atoms. The summed E-state index contributed by atoms with van der Waals surface area (Å²) in [5, 5.41) is 10.2. The van der Waals surface area contributed by atoms with Crippen LogP contribution >= 0.6 is 0 Å². The number of carbonyl (C=O) groups excluding carboxylic acids is 1. The van der Waals surface area contributed by atoms with Crippen LogP contribution in [0.1, 0.15) is 27.7 Å². The highest BCUT2D eigenvalue weighted by Gasteiger charge is 2.26. The van der Waals surface area contributed by atoms with Gasteiger partial charge in [0.05, 0.1) is 6.61 Å². The minimum absolute atomic E-state index is 0.161. The van der Waals surface area contributed by atoms with E-state index in [1.165, 1.54) is 6.92 Å². The predicted octanol–water partition coefficient (Wildman–Crippen LogP) is 1.24. The Kier molecular flexibility index (Phi) is 3.84. The fourth-order valence-electron chi connectivity index (χ4n) is 0.494. The number of nitrogens with zero attached hydrogens (tertiary/aromatic N) is 1. The van der Waals surface area contributed by atoms with Gasteiger partial charge in [-0.25, -0.2) is 4.79 Å². The lowest BCUT2D eigenvalue weighted by Gasteiger charge is -2.17. The van der Waals surface area contributed by atoms with E-state index >= 15 is 0 Å². The zero-order chi connectivity index (χ0) is 10.6. The van der Waals surface area contributed by atoms with Crippen LogP contribution in [0.15, 0.2) is 0 Å². The summed E-state index contributed by atoms with van der Waals surface area (Å²) in [7, 11) is 0. The van der Waals surface area contributed by atoms with Crippen molar-refractivity contribution in [2.24, 2.45) is 5.41 Å². The maximum atomic E-state index is 11.0. The van der Waals surface area contributed by atoms with E-state index in [0.29, 0.717) is 0 Å². The first kappa shape index (κ1) is 11.9. The average molecular weight is 189 g/mol. The maximum absolute atomic E-state index is 11.0. The van der Waals surface area contributed by atoms with Crippen molar-refractivity contribution in [2.75, 3.05) is 6.61 Å². The van der Waals surface area contributed by atoms with Gasteiger partial charge in [0.25, 0.3) is 0 Å². The number of hydrogen-bond donors (Lipinski definition) is 0. The lowest BCUT2D eigenvalue weighted by atomic mass is 9.99. The van der Waals surface area contributed by atoms with E-state index in [9.17, 15) is 14.9 Å². The normalized spacial score (nSPS) is 13.5. The molecule has 0 bridgehead atoms. The van der Waals surface area contributed by atoms with Gasteiger partial charge in [0.2, 0.25) is 0 Å². The van der Waals surface area contributed by atoms with Crippen LogP contribution in [0.25, 0.3) is 0 Å². The Hall–Kier alpha value is -1.13. The summed E-state index contributed by atoms with van der Waals surface area (Å²) in [5.74, 6) is -0.778. The summed E-state index contributed by atoms with van der Waals surface area (Å²) in [6.07, 6.45) is 0. The molecule has 13 heavy (non-hydrogen) atoms. The summed E-state index contributed by atoms with van der Waals surface area (Å²) >= 11 is 0. The number of nitro groups is 1. The van der Waals surface area contributed by atoms with E-state index in [0.717, 1.165) is 0 Å². The smallest absolute Gasteiger partial charge is 0.381 e. The third-order valence-electron chi connectivity index (χ3n) is 1.30. The molecular weight excluding hydrogens is 174 g/mol. The molecule has 0 aliphatic rings. The molecule has 1 atom stereocenters. The van der Waals surface area contributed by atoms with Crippen molar-refractivity contribution in [3.8, 4) is 0 Å². The summed E-state index contributed by atoms with van der Waals surface area (Å²) in [6, 6.07) is -1.28. The summed E-state index contributed by atoms with van der Waals surface area (Å²) < 4.78 is 4.75. The molecular formula is C8H15NO4. The zero-order valence-corrected chi connectivity index (χ0v) is 8.36. The molecule has 0 aliphatic heterocycles. The van der Waals surface area contributed by atoms with Gasteiger partial charge in [-0.15, -0.1) is 0 Å². The first-order chi connectivity index (χ1) is 5.74. The van der Waals surface area contributed by atoms with Gasteiger partial charge in [-0.3, -0.25) is 10.1 Å². The molecule has 0 aromatic rings. The van der Waals surface area contributed by atoms with Crippen LogP contribution in [-0.2, 0) is 9.53 Å². The molecule has 1 unspecified atom stereocenters. The molecule has 0 saturated heterocycles. The van der Waals surface area contributed by atoms with Crippen molar-refractivity contribution in [3.05, 3.63) is 10.1 Å². The van der Waals surface area contributed by atoms with Crippen molar-refractivity contribution in [1.82, 2.24) is 0 Å². The first-order valence-corrected chi connectivity index (χ1v) is 4.04. The van der Waals surface area contributed by atoms with Gasteiger partial charge in [-0.05, 0) is 5.41 Å². The minimum atomic E-state index is -1.28. The summed E-state index contributed by atoms with van der Waals surface area (Å²) in [5.41, 5.74) is -0.161. The molecule has 0 aromatic carbocycles. The largest absolute Gasteiger partial charge is 0.460 e. The quantitative estimate of drug-likeness (QED) is 0.380. The molecule has 5 nitrogen and oxygen atoms in total. The van der Waals surface area contributed by atoms with Crippen molar-refractivity contribution in [1.29, 1.82) is 0 Å². The van der Waals surface area contributed by atoms with E-state index < -0.39 is 16.9 Å². The Morgan fingerprint density at radius 2 is 2.00 bits per heavy atom. The molecule has 0 amide bonds. The second kappa shape index (κ2) is 4.20. The van der Waals surface area contributed by atoms with Crippen molar-refractivity contribution < 1.29 is 14.5 Å². The van der Waals surface area contributed by atoms with Crippen LogP contribution in [0.5, 0.6) is 0 Å². The third kappa shape index (κ3) is 5.16. The van der Waals surface area contributed by atoms with Crippen LogP contribution < -0.4 is 0 Å². The number of hydrogen-bond acceptors (Lipinski definition) is 4. The fraction of sp³-hybridized carbons (Fsp3) is 0.875. The van der Waals surface area contributed by atoms with E-state index in [1.807, 2.05) is 20.8 Å². The second-order valence-electron chi connectivity index (χ2n) is 4.13. The molecule has 76 valence electrons. The van der Waals surface area contributed by atoms with E-state index in [-0.39, 0.29) is 12.0 Å². The van der Waals surface area contributed by atoms with E-state index in [2.05, 4.69) is 0 Å². The molecule has 0 rings (SSSR count). The Balaban J connectivity index is 3.96. The Morgan fingerprint density at radius 1 is 1.54 bits per heavy atom. The molecule has 0 radical (unpaired) electrons. The minimum Gasteiger partial charge on any atom is -0.460 e. The standard InChI is InChI=1S/C8H15NO4/c1-6(9(11)12)7(10)13-5-8(2,3)4/h6H,5H2,1-4H3. The summed E-state index contributed by atoms with van der Waals surface area (Å²) in [6.45, 7) is 7.07. The van der Waals surface area contributed by atoms with Gasteiger partial charge < -0.3 is 4.74 Å². The highest BCUT2D eigenvalue weighted by molar-refractivity contribution is 5.73. The second-order valence-corrected chi connectivity index (χ2v) is 4.13. The lowest BCUT2D eigenvalue weighted by molar-refractivity contribution is -0.506. The van der Waals surface area contributed by atoms with Crippen LogP contribution in [-0.4, -0.2) is 23.5 Å². The number of ether oxygens (including phenoxy) is 1. The number of carbonyl (C=O) groups is 1. The van der Waals surface area contributed by atoms with Crippen LogP contribution in [0.2, 0.25) is 0 Å². The maximum Gasteiger partial charge on any atom is 0.381 e. The molecule has 0 heterocycles. The summed E-state index contributed by atoms with van der Waals surface area (Å²) in [4.78, 5) is 20.5. The number of esters is 1. The average Bonchev–Trinajstić information content (AvgIpc) is 1.97. The van der Waals surface area contributed by atoms with Crippen LogP contribution in [0.4, 0.5) is 0 Å². The van der Waals surface area contributed by atoms with E-state index in [4.69, 9.17) is 4.74 Å². The van der Waals surface area contributed by atoms with Gasteiger partial charge in [-0.1, -0.05) is 20.8 Å². The third-order valence-corrected chi connectivity index (χ3v) is 1.30. The van der Waals surface area contributed by atoms with Gasteiger partial charge in [0.1, 0.15) is 0 Å². The van der Waals surface area contributed by atoms with Crippen molar-refractivity contribution in [3.63, 3.8) is 0 Å². The predicted molar refractivity (Wildman–Crippen MR) is 46.9 cm³/mol. The van der Waals surface area contributed by atoms with Gasteiger partial charge in [0.15, 0.2) is 0 Å². The van der Waals surface area contributed by atoms with Crippen molar-refractivity contribution in [2.45, 2.75) is 33.7 Å². The topological polar surface area (TPSA) is 69.4 Å². The van der Waals surface area contributed by atoms with Gasteiger partial charge in [-0.2, -0.15) is 0 Å². The van der Waals surface area contributed by atoms with Crippen LogP contribution in [0, 0.1) is 15.5 Å². The van der Waals surface area contributed by atoms with Gasteiger partial charge >= 0.3 is 12.0 Å². The molecule has 0 aliphatic carbocycles. The molecule has 0 saturated carbocycles. The fourth-order valence-corrected chi connectivity index (χ4v) is 0.494. The van der Waals surface area contributed by atoms with Crippen molar-refractivity contribution >= 4 is 5.97 Å².